The van der Waals surface area contributed by atoms with Crippen LogP contribution in [0.3, 0.4) is 0 Å². The second-order valence-electron chi connectivity index (χ2n) is 9.37. The van der Waals surface area contributed by atoms with Crippen molar-refractivity contribution in [3.63, 3.8) is 0 Å². The first-order valence-electron chi connectivity index (χ1n) is 12.1. The predicted octanol–water partition coefficient (Wildman–Crippen LogP) is 3.75. The van der Waals surface area contributed by atoms with Crippen molar-refractivity contribution in [2.24, 2.45) is 5.92 Å². The molecule has 2 heterocycles. The summed E-state index contributed by atoms with van der Waals surface area (Å²) < 4.78 is 0. The zero-order valence-electron chi connectivity index (χ0n) is 19.6. The summed E-state index contributed by atoms with van der Waals surface area (Å²) in [4.78, 5) is 28.0. The van der Waals surface area contributed by atoms with E-state index < -0.39 is 6.04 Å². The molecule has 1 saturated carbocycles. The van der Waals surface area contributed by atoms with Gasteiger partial charge in [-0.15, -0.1) is 0 Å². The van der Waals surface area contributed by atoms with E-state index in [0.717, 1.165) is 61.0 Å². The number of H-pyrrole nitrogens is 1. The van der Waals surface area contributed by atoms with E-state index in [-0.39, 0.29) is 30.5 Å². The Labute approximate surface area is 195 Å². The van der Waals surface area contributed by atoms with Crippen molar-refractivity contribution in [2.75, 3.05) is 18.5 Å². The number of urea groups is 1. The van der Waals surface area contributed by atoms with Crippen LogP contribution in [0.15, 0.2) is 24.3 Å². The quantitative estimate of drug-likeness (QED) is 0.534. The number of carbonyl (C=O) groups excluding carboxylic acids is 2. The highest BCUT2D eigenvalue weighted by Crippen LogP contribution is 2.29. The van der Waals surface area contributed by atoms with Gasteiger partial charge >= 0.3 is 6.03 Å². The number of aliphatic hydroxyl groups is 1. The van der Waals surface area contributed by atoms with Crippen LogP contribution in [0.25, 0.3) is 11.1 Å². The zero-order chi connectivity index (χ0) is 23.4. The molecular formula is C25H35N5O3. The van der Waals surface area contributed by atoms with Crippen molar-refractivity contribution < 1.29 is 14.7 Å². The monoisotopic (exact) mass is 453 g/mol. The van der Waals surface area contributed by atoms with Crippen molar-refractivity contribution >= 4 is 17.6 Å². The van der Waals surface area contributed by atoms with Gasteiger partial charge in [0.25, 0.3) is 0 Å². The van der Waals surface area contributed by atoms with Gasteiger partial charge in [0.1, 0.15) is 6.04 Å². The Balaban J connectivity index is 1.47. The Morgan fingerprint density at radius 2 is 1.85 bits per heavy atom. The van der Waals surface area contributed by atoms with E-state index in [2.05, 4.69) is 20.8 Å². The third-order valence-corrected chi connectivity index (χ3v) is 7.10. The molecule has 33 heavy (non-hydrogen) atoms. The van der Waals surface area contributed by atoms with Crippen molar-refractivity contribution in [3.8, 4) is 11.1 Å². The van der Waals surface area contributed by atoms with E-state index in [0.29, 0.717) is 12.2 Å². The molecule has 1 saturated heterocycles. The first-order valence-corrected chi connectivity index (χ1v) is 12.1. The number of anilines is 1. The van der Waals surface area contributed by atoms with E-state index in [1.807, 2.05) is 38.1 Å². The molecule has 2 aliphatic rings. The van der Waals surface area contributed by atoms with Crippen LogP contribution >= 0.6 is 0 Å². The van der Waals surface area contributed by atoms with Crippen LogP contribution in [0.1, 0.15) is 56.3 Å². The predicted molar refractivity (Wildman–Crippen MR) is 128 cm³/mol. The molecule has 1 aliphatic carbocycles. The van der Waals surface area contributed by atoms with Crippen LogP contribution in [0, 0.1) is 19.8 Å². The van der Waals surface area contributed by atoms with Gasteiger partial charge in [-0.2, -0.15) is 5.10 Å². The van der Waals surface area contributed by atoms with Gasteiger partial charge in [0.15, 0.2) is 0 Å². The maximum Gasteiger partial charge on any atom is 0.318 e. The van der Waals surface area contributed by atoms with Gasteiger partial charge in [-0.1, -0.05) is 31.4 Å². The Hall–Kier alpha value is -2.87. The highest BCUT2D eigenvalue weighted by atomic mass is 16.3. The molecule has 8 heteroatoms. The molecule has 0 spiro atoms. The van der Waals surface area contributed by atoms with Gasteiger partial charge in [-0.05, 0) is 63.1 Å². The minimum absolute atomic E-state index is 0.0460. The fourth-order valence-corrected chi connectivity index (χ4v) is 5.29. The molecule has 2 fully saturated rings. The Morgan fingerprint density at radius 3 is 2.48 bits per heavy atom. The molecule has 1 aromatic heterocycles. The number of aryl methyl sites for hydroxylation is 2. The molecular weight excluding hydrogens is 418 g/mol. The van der Waals surface area contributed by atoms with Crippen LogP contribution in [-0.4, -0.2) is 57.4 Å². The average Bonchev–Trinajstić information content (AvgIpc) is 3.44. The van der Waals surface area contributed by atoms with Gasteiger partial charge in [-0.3, -0.25) is 9.89 Å². The topological polar surface area (TPSA) is 110 Å². The molecule has 0 bridgehead atoms. The molecule has 8 nitrogen and oxygen atoms in total. The number of nitrogens with zero attached hydrogens (tertiary/aromatic N) is 2. The Morgan fingerprint density at radius 1 is 1.12 bits per heavy atom. The third-order valence-electron chi connectivity index (χ3n) is 7.10. The summed E-state index contributed by atoms with van der Waals surface area (Å²) >= 11 is 0. The van der Waals surface area contributed by atoms with Crippen LogP contribution in [0.4, 0.5) is 10.5 Å². The highest BCUT2D eigenvalue weighted by molar-refractivity contribution is 5.97. The number of carbonyl (C=O) groups is 2. The molecule has 178 valence electrons. The lowest BCUT2D eigenvalue weighted by Crippen LogP contribution is -2.54. The van der Waals surface area contributed by atoms with E-state index in [1.54, 1.807) is 4.90 Å². The first-order chi connectivity index (χ1) is 16.0. The SMILES string of the molecule is Cc1n[nH]c(C)c1-c1ccc(NC(=O)C(NC(=O)N2CCCC2CO)C2CCCCC2)cc1. The van der Waals surface area contributed by atoms with E-state index in [4.69, 9.17) is 0 Å². The second kappa shape index (κ2) is 10.4. The van der Waals surface area contributed by atoms with Gasteiger partial charge in [-0.25, -0.2) is 4.79 Å². The van der Waals surface area contributed by atoms with Crippen molar-refractivity contribution in [1.82, 2.24) is 20.4 Å². The number of benzene rings is 1. The highest BCUT2D eigenvalue weighted by Gasteiger charge is 2.35. The number of hydrogen-bond donors (Lipinski definition) is 4. The van der Waals surface area contributed by atoms with Gasteiger partial charge < -0.3 is 20.6 Å². The summed E-state index contributed by atoms with van der Waals surface area (Å²) in [6, 6.07) is 6.73. The number of nitrogens with one attached hydrogen (secondary N) is 3. The van der Waals surface area contributed by atoms with Crippen LogP contribution in [0.2, 0.25) is 0 Å². The van der Waals surface area contributed by atoms with Crippen molar-refractivity contribution in [2.45, 2.75) is 70.9 Å². The van der Waals surface area contributed by atoms with Crippen molar-refractivity contribution in [3.05, 3.63) is 35.7 Å². The number of rotatable bonds is 6. The van der Waals surface area contributed by atoms with E-state index >= 15 is 0 Å². The molecule has 2 unspecified atom stereocenters. The summed E-state index contributed by atoms with van der Waals surface area (Å²) in [6.07, 6.45) is 6.86. The number of hydrogen-bond acceptors (Lipinski definition) is 4. The molecule has 4 rings (SSSR count). The molecule has 3 amide bonds. The van der Waals surface area contributed by atoms with Crippen LogP contribution in [0.5, 0.6) is 0 Å². The first kappa shape index (κ1) is 23.3. The number of amides is 3. The molecule has 4 N–H and O–H groups in total. The van der Waals surface area contributed by atoms with Gasteiger partial charge in [0.2, 0.25) is 5.91 Å². The minimum Gasteiger partial charge on any atom is -0.394 e. The van der Waals surface area contributed by atoms with Crippen LogP contribution < -0.4 is 10.6 Å². The Bertz CT molecular complexity index is 945. The molecule has 1 aromatic carbocycles. The minimum atomic E-state index is -0.587. The standard InChI is InChI=1S/C25H35N5O3/c1-16-22(17(2)29-28-16)18-10-12-20(13-11-18)26-24(32)23(19-7-4-3-5-8-19)27-25(33)30-14-6-9-21(30)15-31/h10-13,19,21,23,31H,3-9,14-15H2,1-2H3,(H,26,32)(H,27,33)(H,28,29). The summed E-state index contributed by atoms with van der Waals surface area (Å²) in [5.41, 5.74) is 4.76. The molecule has 2 aromatic rings. The maximum atomic E-state index is 13.3. The second-order valence-corrected chi connectivity index (χ2v) is 9.37. The summed E-state index contributed by atoms with van der Waals surface area (Å²) in [5, 5.41) is 22.9. The summed E-state index contributed by atoms with van der Waals surface area (Å²) in [6.45, 7) is 4.53. The number of aromatic nitrogens is 2. The lowest BCUT2D eigenvalue weighted by Gasteiger charge is -2.32. The number of aromatic amines is 1. The van der Waals surface area contributed by atoms with E-state index in [1.165, 1.54) is 6.42 Å². The van der Waals surface area contributed by atoms with Gasteiger partial charge in [0.05, 0.1) is 18.3 Å². The molecule has 0 radical (unpaired) electrons. The van der Waals surface area contributed by atoms with E-state index in [9.17, 15) is 14.7 Å². The lowest BCUT2D eigenvalue weighted by atomic mass is 9.83. The zero-order valence-corrected chi connectivity index (χ0v) is 19.6. The normalized spacial score (nSPS) is 20.0. The van der Waals surface area contributed by atoms with Gasteiger partial charge in [0, 0.05) is 23.5 Å². The maximum absolute atomic E-state index is 13.3. The van der Waals surface area contributed by atoms with Crippen LogP contribution in [-0.2, 0) is 4.79 Å². The number of likely N-dealkylation sites (tertiary alicyclic amines) is 1. The molecule has 1 aliphatic heterocycles. The summed E-state index contributed by atoms with van der Waals surface area (Å²) in [5.74, 6) is -0.0631. The van der Waals surface area contributed by atoms with Crippen molar-refractivity contribution in [1.29, 1.82) is 0 Å². The average molecular weight is 454 g/mol. The third kappa shape index (κ3) is 5.21. The lowest BCUT2D eigenvalue weighted by molar-refractivity contribution is -0.119. The Kier molecular flexibility index (Phi) is 7.33. The summed E-state index contributed by atoms with van der Waals surface area (Å²) in [7, 11) is 0. The molecule has 2 atom stereocenters. The fraction of sp³-hybridized carbons (Fsp3) is 0.560. The number of aliphatic hydroxyl groups excluding tert-OH is 1. The smallest absolute Gasteiger partial charge is 0.318 e. The fourth-order valence-electron chi connectivity index (χ4n) is 5.29. The largest absolute Gasteiger partial charge is 0.394 e.